The lowest BCUT2D eigenvalue weighted by molar-refractivity contribution is -0.136. The molecular weight excluding hydrogens is 778 g/mol. The molecule has 0 radical (unpaired) electrons. The first-order valence-corrected chi connectivity index (χ1v) is 19.6. The van der Waals surface area contributed by atoms with Crippen molar-refractivity contribution in [1.82, 2.24) is 29.9 Å². The lowest BCUT2D eigenvalue weighted by atomic mass is 10.0. The Morgan fingerprint density at radius 3 is 2.60 bits per heavy atom. The highest BCUT2D eigenvalue weighted by atomic mass is 35.5. The fourth-order valence-corrected chi connectivity index (χ4v) is 8.24. The molecule has 2 unspecified atom stereocenters. The number of imide groups is 2. The minimum atomic E-state index is -1.02. The lowest BCUT2D eigenvalue weighted by Crippen LogP contribution is -2.54. The number of nitrogens with one attached hydrogen (secondary N) is 2. The van der Waals surface area contributed by atoms with Gasteiger partial charge in [-0.25, -0.2) is 9.37 Å². The van der Waals surface area contributed by atoms with E-state index in [2.05, 4.69) is 20.7 Å². The summed E-state index contributed by atoms with van der Waals surface area (Å²) in [6, 6.07) is 8.42. The quantitative estimate of drug-likeness (QED) is 0.0781. The Morgan fingerprint density at radius 2 is 1.82 bits per heavy atom. The summed E-state index contributed by atoms with van der Waals surface area (Å²) in [5.41, 5.74) is 8.92. The monoisotopic (exact) mass is 818 g/mol. The Labute approximate surface area is 337 Å². The van der Waals surface area contributed by atoms with Gasteiger partial charge in [0.05, 0.1) is 28.4 Å². The van der Waals surface area contributed by atoms with E-state index in [1.54, 1.807) is 43.6 Å². The standard InChI is InChI=1S/C40H41Cl2FN8O6/c1-22(34-27(41)9-10-28(43)36(34)42)57-31-18-23(19-46-37(31)44)24-20-47-50(21-24)25-13-16-49(17-14-25)33(53)8-3-2-4-15-45-29-7-5-6-26-35(29)40(56)51(39(26)55)30-11-12-32(52)48-38(30)54/h5-7,9-10,18-22,25,30,45H,2-4,8,11-17H2,1H3,(H2,44,46)(H,48,52,54). The third kappa shape index (κ3) is 8.30. The van der Waals surface area contributed by atoms with Crippen LogP contribution < -0.4 is 21.1 Å². The number of nitrogen functional groups attached to an aromatic ring is 1. The molecule has 0 bridgehead atoms. The van der Waals surface area contributed by atoms with E-state index in [9.17, 15) is 28.4 Å². The Morgan fingerprint density at radius 1 is 1.04 bits per heavy atom. The van der Waals surface area contributed by atoms with Crippen molar-refractivity contribution in [2.24, 2.45) is 0 Å². The summed E-state index contributed by atoms with van der Waals surface area (Å²) >= 11 is 12.5. The molecule has 4 N–H and O–H groups in total. The molecular formula is C40H41Cl2FN8O6. The average molecular weight is 820 g/mol. The van der Waals surface area contributed by atoms with Crippen molar-refractivity contribution in [1.29, 1.82) is 0 Å². The molecule has 17 heteroatoms. The number of carbonyl (C=O) groups is 5. The molecule has 2 saturated heterocycles. The van der Waals surface area contributed by atoms with Crippen molar-refractivity contribution in [2.45, 2.75) is 76.5 Å². The van der Waals surface area contributed by atoms with Crippen molar-refractivity contribution < 1.29 is 33.1 Å². The zero-order valence-corrected chi connectivity index (χ0v) is 32.6. The fourth-order valence-electron chi connectivity index (χ4n) is 7.56. The number of ether oxygens (including phenoxy) is 1. The van der Waals surface area contributed by atoms with Gasteiger partial charge in [-0.2, -0.15) is 5.10 Å². The van der Waals surface area contributed by atoms with Crippen LogP contribution in [0.15, 0.2) is 55.0 Å². The van der Waals surface area contributed by atoms with E-state index in [-0.39, 0.29) is 51.8 Å². The normalized spacial score (nSPS) is 17.8. The van der Waals surface area contributed by atoms with Crippen LogP contribution in [0, 0.1) is 5.82 Å². The van der Waals surface area contributed by atoms with E-state index in [4.69, 9.17) is 33.7 Å². The van der Waals surface area contributed by atoms with E-state index in [0.29, 0.717) is 49.5 Å². The van der Waals surface area contributed by atoms with Gasteiger partial charge in [0.2, 0.25) is 17.7 Å². The van der Waals surface area contributed by atoms with E-state index in [1.807, 2.05) is 15.8 Å². The summed E-state index contributed by atoms with van der Waals surface area (Å²) < 4.78 is 22.1. The predicted molar refractivity (Wildman–Crippen MR) is 210 cm³/mol. The molecule has 3 aliphatic rings. The minimum absolute atomic E-state index is 0.0569. The molecule has 2 fully saturated rings. The molecule has 2 aromatic carbocycles. The molecule has 4 aromatic rings. The number of piperidine rings is 2. The number of benzene rings is 2. The van der Waals surface area contributed by atoms with Gasteiger partial charge in [-0.1, -0.05) is 35.7 Å². The number of unbranched alkanes of at least 4 members (excludes halogenated alkanes) is 2. The second-order valence-electron chi connectivity index (χ2n) is 14.4. The van der Waals surface area contributed by atoms with Gasteiger partial charge in [0.15, 0.2) is 11.6 Å². The van der Waals surface area contributed by atoms with Gasteiger partial charge in [0.1, 0.15) is 18.0 Å². The first-order chi connectivity index (χ1) is 27.4. The third-order valence-electron chi connectivity index (χ3n) is 10.6. The SMILES string of the molecule is CC(Oc1cc(-c2cnn(C3CCN(C(=O)CCCCCNc4cccc5c4C(=O)N(C4CCC(=O)NC4=O)C5=O)CC3)c2)cnc1N)c1c(Cl)ccc(F)c1Cl. The first-order valence-electron chi connectivity index (χ1n) is 18.9. The zero-order chi connectivity index (χ0) is 40.4. The third-order valence-corrected chi connectivity index (χ3v) is 11.4. The van der Waals surface area contributed by atoms with Crippen LogP contribution in [0.1, 0.15) is 96.7 Å². The molecule has 0 saturated carbocycles. The second kappa shape index (κ2) is 16.9. The summed E-state index contributed by atoms with van der Waals surface area (Å²) in [7, 11) is 0. The lowest BCUT2D eigenvalue weighted by Gasteiger charge is -2.32. The molecule has 14 nitrogen and oxygen atoms in total. The Hall–Kier alpha value is -5.54. The highest BCUT2D eigenvalue weighted by Gasteiger charge is 2.45. The van der Waals surface area contributed by atoms with E-state index < -0.39 is 41.6 Å². The van der Waals surface area contributed by atoms with Crippen molar-refractivity contribution in [3.63, 3.8) is 0 Å². The van der Waals surface area contributed by atoms with Crippen LogP contribution in [0.25, 0.3) is 11.1 Å². The number of carbonyl (C=O) groups excluding carboxylic acids is 5. The number of anilines is 2. The summed E-state index contributed by atoms with van der Waals surface area (Å²) in [5.74, 6) is -2.22. The van der Waals surface area contributed by atoms with Crippen LogP contribution in [-0.2, 0) is 14.4 Å². The number of hydrogen-bond acceptors (Lipinski definition) is 10. The number of rotatable bonds is 13. The highest BCUT2D eigenvalue weighted by molar-refractivity contribution is 6.36. The van der Waals surface area contributed by atoms with Crippen LogP contribution in [0.2, 0.25) is 10.0 Å². The molecule has 3 aliphatic heterocycles. The van der Waals surface area contributed by atoms with Crippen LogP contribution in [0.4, 0.5) is 15.9 Å². The number of aromatic nitrogens is 3. The molecule has 7 rings (SSSR count). The number of fused-ring (bicyclic) bond motifs is 1. The van der Waals surface area contributed by atoms with Gasteiger partial charge >= 0.3 is 0 Å². The minimum Gasteiger partial charge on any atom is -0.482 e. The maximum absolute atomic E-state index is 14.1. The fraction of sp³-hybridized carbons (Fsp3) is 0.375. The topological polar surface area (TPSA) is 182 Å². The summed E-state index contributed by atoms with van der Waals surface area (Å²) in [6.07, 6.45) is 8.91. The maximum atomic E-state index is 14.1. The van der Waals surface area contributed by atoms with Gasteiger partial charge in [-0.15, -0.1) is 0 Å². The predicted octanol–water partition coefficient (Wildman–Crippen LogP) is 6.35. The summed E-state index contributed by atoms with van der Waals surface area (Å²) in [6.45, 7) is 3.46. The second-order valence-corrected chi connectivity index (χ2v) is 15.1. The number of amides is 5. The summed E-state index contributed by atoms with van der Waals surface area (Å²) in [4.78, 5) is 70.6. The largest absolute Gasteiger partial charge is 0.482 e. The van der Waals surface area contributed by atoms with Gasteiger partial charge in [0, 0.05) is 72.3 Å². The molecule has 57 heavy (non-hydrogen) atoms. The smallest absolute Gasteiger partial charge is 0.264 e. The van der Waals surface area contributed by atoms with Gasteiger partial charge in [-0.3, -0.25) is 38.9 Å². The Kier molecular flexibility index (Phi) is 11.8. The molecule has 2 aromatic heterocycles. The Bertz CT molecular complexity index is 2240. The molecule has 0 spiro atoms. The number of nitrogens with two attached hydrogens (primary N) is 1. The van der Waals surface area contributed by atoms with Crippen LogP contribution >= 0.6 is 23.2 Å². The van der Waals surface area contributed by atoms with Crippen LogP contribution in [0.5, 0.6) is 5.75 Å². The molecule has 298 valence electrons. The zero-order valence-electron chi connectivity index (χ0n) is 31.1. The maximum Gasteiger partial charge on any atom is 0.264 e. The Balaban J connectivity index is 0.851. The van der Waals surface area contributed by atoms with Crippen molar-refractivity contribution in [3.8, 4) is 16.9 Å². The van der Waals surface area contributed by atoms with Gasteiger partial charge < -0.3 is 20.7 Å². The number of likely N-dealkylation sites (tertiary alicyclic amines) is 1. The molecule has 2 atom stereocenters. The van der Waals surface area contributed by atoms with Crippen LogP contribution in [0.3, 0.4) is 0 Å². The number of nitrogens with zero attached hydrogens (tertiary/aromatic N) is 5. The van der Waals surface area contributed by atoms with Crippen molar-refractivity contribution >= 4 is 64.2 Å². The van der Waals surface area contributed by atoms with Crippen LogP contribution in [-0.4, -0.2) is 79.8 Å². The van der Waals surface area contributed by atoms with Gasteiger partial charge in [0.25, 0.3) is 11.8 Å². The summed E-state index contributed by atoms with van der Waals surface area (Å²) in [5, 5.41) is 10.2. The highest BCUT2D eigenvalue weighted by Crippen LogP contribution is 2.38. The number of pyridine rings is 1. The number of halogens is 3. The van der Waals surface area contributed by atoms with Crippen molar-refractivity contribution in [3.05, 3.63) is 87.5 Å². The van der Waals surface area contributed by atoms with E-state index in [0.717, 1.165) is 41.7 Å². The molecule has 0 aliphatic carbocycles. The first kappa shape index (κ1) is 39.7. The van der Waals surface area contributed by atoms with Crippen molar-refractivity contribution in [2.75, 3.05) is 30.7 Å². The van der Waals surface area contributed by atoms with E-state index in [1.165, 1.54) is 12.1 Å². The molecule has 5 amide bonds. The van der Waals surface area contributed by atoms with E-state index >= 15 is 0 Å². The number of hydrogen-bond donors (Lipinski definition) is 3. The van der Waals surface area contributed by atoms with Gasteiger partial charge in [-0.05, 0) is 69.4 Å². The molecule has 5 heterocycles. The average Bonchev–Trinajstić information content (AvgIpc) is 3.79.